The van der Waals surface area contributed by atoms with Crippen molar-refractivity contribution in [2.45, 2.75) is 6.92 Å². The zero-order valence-electron chi connectivity index (χ0n) is 18.8. The van der Waals surface area contributed by atoms with Crippen molar-refractivity contribution in [3.63, 3.8) is 0 Å². The van der Waals surface area contributed by atoms with Crippen LogP contribution in [-0.2, 0) is 0 Å². The predicted molar refractivity (Wildman–Crippen MR) is 140 cm³/mol. The van der Waals surface area contributed by atoms with Crippen molar-refractivity contribution in [1.29, 1.82) is 0 Å². The lowest BCUT2D eigenvalue weighted by Gasteiger charge is -2.10. The minimum atomic E-state index is 0.832. The maximum Gasteiger partial charge on any atom is 0.135 e. The number of anilines is 2. The van der Waals surface area contributed by atoms with Crippen molar-refractivity contribution in [3.8, 4) is 22.6 Å². The lowest BCUT2D eigenvalue weighted by Crippen LogP contribution is -1.90. The Hall–Kier alpha value is -4.50. The van der Waals surface area contributed by atoms with Crippen LogP contribution in [0, 0.1) is 6.92 Å². The van der Waals surface area contributed by atoms with Crippen molar-refractivity contribution < 1.29 is 9.15 Å². The molecule has 6 aromatic rings. The number of furan rings is 1. The van der Waals surface area contributed by atoms with Crippen LogP contribution in [0.5, 0.6) is 11.5 Å². The summed E-state index contributed by atoms with van der Waals surface area (Å²) >= 11 is 0. The summed E-state index contributed by atoms with van der Waals surface area (Å²) in [5.74, 6) is 1.71. The van der Waals surface area contributed by atoms with E-state index in [-0.39, 0.29) is 0 Å². The summed E-state index contributed by atoms with van der Waals surface area (Å²) in [4.78, 5) is 0. The Balaban J connectivity index is 1.19. The van der Waals surface area contributed by atoms with Gasteiger partial charge in [-0.3, -0.25) is 0 Å². The van der Waals surface area contributed by atoms with E-state index in [0.717, 1.165) is 61.5 Å². The van der Waals surface area contributed by atoms with Gasteiger partial charge in [-0.2, -0.15) is 0 Å². The van der Waals surface area contributed by atoms with Gasteiger partial charge in [0.15, 0.2) is 0 Å². The number of hydrogen-bond donors (Lipinski definition) is 1. The summed E-state index contributed by atoms with van der Waals surface area (Å²) in [6.07, 6.45) is 0. The topological polar surface area (TPSA) is 34.4 Å². The Bertz CT molecular complexity index is 1600. The average Bonchev–Trinajstić information content (AvgIpc) is 3.25. The lowest BCUT2D eigenvalue weighted by atomic mass is 10.1. The molecule has 1 N–H and O–H groups in total. The monoisotopic (exact) mass is 441 g/mol. The highest BCUT2D eigenvalue weighted by molar-refractivity contribution is 6.06. The molecule has 34 heavy (non-hydrogen) atoms. The minimum Gasteiger partial charge on any atom is -0.457 e. The molecule has 164 valence electrons. The normalized spacial score (nSPS) is 11.1. The zero-order valence-corrected chi connectivity index (χ0v) is 18.8. The van der Waals surface area contributed by atoms with E-state index in [2.05, 4.69) is 66.8 Å². The number of fused-ring (bicyclic) bond motifs is 3. The summed E-state index contributed by atoms with van der Waals surface area (Å²) < 4.78 is 12.0. The van der Waals surface area contributed by atoms with E-state index in [0.29, 0.717) is 0 Å². The fraction of sp³-hybridized carbons (Fsp3) is 0.0323. The standard InChI is InChI=1S/C31H23NO2/c1-21-6-2-4-8-29(21)33-26-17-12-23(13-18-26)22-10-14-24(15-11-22)32-25-16-19-31-28(20-25)27-7-3-5-9-30(27)34-31/h2-20,32H,1H3. The molecule has 0 radical (unpaired) electrons. The second-order valence-corrected chi connectivity index (χ2v) is 8.40. The van der Waals surface area contributed by atoms with Crippen LogP contribution < -0.4 is 10.1 Å². The first kappa shape index (κ1) is 20.1. The third-order valence-electron chi connectivity index (χ3n) is 6.06. The molecule has 0 aliphatic heterocycles. The summed E-state index contributed by atoms with van der Waals surface area (Å²) in [6.45, 7) is 2.05. The molecule has 1 aromatic heterocycles. The highest BCUT2D eigenvalue weighted by Gasteiger charge is 2.07. The number of aryl methyl sites for hydroxylation is 1. The smallest absolute Gasteiger partial charge is 0.135 e. The summed E-state index contributed by atoms with van der Waals surface area (Å²) in [6, 6.07) is 39.1. The summed E-state index contributed by atoms with van der Waals surface area (Å²) in [5, 5.41) is 5.76. The van der Waals surface area contributed by atoms with Crippen LogP contribution >= 0.6 is 0 Å². The molecule has 3 heteroatoms. The van der Waals surface area contributed by atoms with Crippen molar-refractivity contribution in [1.82, 2.24) is 0 Å². The fourth-order valence-electron chi connectivity index (χ4n) is 4.23. The van der Waals surface area contributed by atoms with Gasteiger partial charge in [-0.05, 0) is 78.2 Å². The number of ether oxygens (including phenoxy) is 1. The number of rotatable bonds is 5. The molecule has 0 spiro atoms. The Morgan fingerprint density at radius 3 is 2.03 bits per heavy atom. The second-order valence-electron chi connectivity index (χ2n) is 8.40. The van der Waals surface area contributed by atoms with Crippen molar-refractivity contribution in [2.75, 3.05) is 5.32 Å². The molecule has 3 nitrogen and oxygen atoms in total. The molecule has 0 saturated heterocycles. The van der Waals surface area contributed by atoms with Crippen LogP contribution in [0.25, 0.3) is 33.1 Å². The van der Waals surface area contributed by atoms with Crippen molar-refractivity contribution >= 4 is 33.3 Å². The first-order valence-corrected chi connectivity index (χ1v) is 11.4. The number of para-hydroxylation sites is 2. The first-order chi connectivity index (χ1) is 16.7. The van der Waals surface area contributed by atoms with Gasteiger partial charge in [-0.1, -0.05) is 60.7 Å². The molecule has 0 saturated carbocycles. The fourth-order valence-corrected chi connectivity index (χ4v) is 4.23. The third kappa shape index (κ3) is 3.89. The molecule has 0 aliphatic carbocycles. The van der Waals surface area contributed by atoms with Crippen LogP contribution in [0.3, 0.4) is 0 Å². The van der Waals surface area contributed by atoms with E-state index in [9.17, 15) is 0 Å². The van der Waals surface area contributed by atoms with Gasteiger partial charge in [0.25, 0.3) is 0 Å². The largest absolute Gasteiger partial charge is 0.457 e. The van der Waals surface area contributed by atoms with E-state index < -0.39 is 0 Å². The van der Waals surface area contributed by atoms with Crippen LogP contribution in [-0.4, -0.2) is 0 Å². The minimum absolute atomic E-state index is 0.832. The van der Waals surface area contributed by atoms with E-state index in [1.54, 1.807) is 0 Å². The molecular weight excluding hydrogens is 418 g/mol. The molecule has 0 fully saturated rings. The molecular formula is C31H23NO2. The molecule has 0 bridgehead atoms. The van der Waals surface area contributed by atoms with Gasteiger partial charge in [0.05, 0.1) is 0 Å². The predicted octanol–water partition coefficient (Wildman–Crippen LogP) is 9.10. The molecule has 5 aromatic carbocycles. The Morgan fingerprint density at radius 2 is 1.24 bits per heavy atom. The van der Waals surface area contributed by atoms with Crippen molar-refractivity contribution in [2.24, 2.45) is 0 Å². The zero-order chi connectivity index (χ0) is 22.9. The van der Waals surface area contributed by atoms with Crippen LogP contribution in [0.15, 0.2) is 120 Å². The Kier molecular flexibility index (Phi) is 5.00. The van der Waals surface area contributed by atoms with Crippen LogP contribution in [0.4, 0.5) is 11.4 Å². The maximum absolute atomic E-state index is 6.02. The van der Waals surface area contributed by atoms with E-state index in [1.807, 2.05) is 60.7 Å². The van der Waals surface area contributed by atoms with Gasteiger partial charge in [0, 0.05) is 22.1 Å². The highest BCUT2D eigenvalue weighted by Crippen LogP contribution is 2.32. The van der Waals surface area contributed by atoms with E-state index in [1.165, 1.54) is 0 Å². The second kappa shape index (κ2) is 8.45. The molecule has 1 heterocycles. The quantitative estimate of drug-likeness (QED) is 0.290. The van der Waals surface area contributed by atoms with E-state index >= 15 is 0 Å². The summed E-state index contributed by atoms with van der Waals surface area (Å²) in [7, 11) is 0. The van der Waals surface area contributed by atoms with Gasteiger partial charge < -0.3 is 14.5 Å². The van der Waals surface area contributed by atoms with Gasteiger partial charge in [-0.25, -0.2) is 0 Å². The first-order valence-electron chi connectivity index (χ1n) is 11.4. The molecule has 0 unspecified atom stereocenters. The molecule has 0 aliphatic rings. The molecule has 6 rings (SSSR count). The van der Waals surface area contributed by atoms with Crippen LogP contribution in [0.1, 0.15) is 5.56 Å². The van der Waals surface area contributed by atoms with Gasteiger partial charge in [0.2, 0.25) is 0 Å². The van der Waals surface area contributed by atoms with E-state index in [4.69, 9.17) is 9.15 Å². The Morgan fingerprint density at radius 1 is 0.588 bits per heavy atom. The SMILES string of the molecule is Cc1ccccc1Oc1ccc(-c2ccc(Nc3ccc4oc5ccccc5c4c3)cc2)cc1. The van der Waals surface area contributed by atoms with Crippen LogP contribution in [0.2, 0.25) is 0 Å². The highest BCUT2D eigenvalue weighted by atomic mass is 16.5. The lowest BCUT2D eigenvalue weighted by molar-refractivity contribution is 0.479. The average molecular weight is 442 g/mol. The maximum atomic E-state index is 6.02. The number of benzene rings is 5. The van der Waals surface area contributed by atoms with Crippen molar-refractivity contribution in [3.05, 3.63) is 121 Å². The summed E-state index contributed by atoms with van der Waals surface area (Å²) in [5.41, 5.74) is 7.31. The molecule has 0 atom stereocenters. The third-order valence-corrected chi connectivity index (χ3v) is 6.06. The van der Waals surface area contributed by atoms with Gasteiger partial charge in [0.1, 0.15) is 22.7 Å². The molecule has 0 amide bonds. The van der Waals surface area contributed by atoms with Gasteiger partial charge in [-0.15, -0.1) is 0 Å². The Labute approximate surface area is 198 Å². The number of nitrogens with one attached hydrogen (secondary N) is 1. The van der Waals surface area contributed by atoms with Gasteiger partial charge >= 0.3 is 0 Å². The number of hydrogen-bond acceptors (Lipinski definition) is 3.